The van der Waals surface area contributed by atoms with E-state index in [2.05, 4.69) is 0 Å². The third-order valence-electron chi connectivity index (χ3n) is 6.33. The van der Waals surface area contributed by atoms with Crippen LogP contribution >= 0.6 is 0 Å². The van der Waals surface area contributed by atoms with Crippen molar-refractivity contribution in [3.63, 3.8) is 0 Å². The summed E-state index contributed by atoms with van der Waals surface area (Å²) in [6, 6.07) is -3.87. The highest BCUT2D eigenvalue weighted by atomic mass is 16.7. The molecule has 15 atom stereocenters. The quantitative estimate of drug-likeness (QED) is 0.145. The van der Waals surface area contributed by atoms with Crippen molar-refractivity contribution in [2.45, 2.75) is 107 Å². The van der Waals surface area contributed by atoms with Crippen molar-refractivity contribution in [1.82, 2.24) is 0 Å². The van der Waals surface area contributed by atoms with Gasteiger partial charge in [-0.05, 0) is 0 Å². The van der Waals surface area contributed by atoms with Gasteiger partial charge in [0.1, 0.15) is 54.9 Å². The van der Waals surface area contributed by atoms with E-state index >= 15 is 0 Å². The van der Waals surface area contributed by atoms with Crippen LogP contribution in [0.3, 0.4) is 0 Å². The van der Waals surface area contributed by atoms with Gasteiger partial charge in [-0.15, -0.1) is 0 Å². The maximum absolute atomic E-state index is 10.8. The van der Waals surface area contributed by atoms with Crippen molar-refractivity contribution in [2.75, 3.05) is 19.8 Å². The molecular weight excluding hydrogens is 490 g/mol. The van der Waals surface area contributed by atoms with E-state index in [1.807, 2.05) is 0 Å². The molecule has 0 amide bonds. The second-order valence-electron chi connectivity index (χ2n) is 8.59. The lowest BCUT2D eigenvalue weighted by atomic mass is 9.94. The predicted octanol–water partition coefficient (Wildman–Crippen LogP) is -6.40. The number of aliphatic hydroxyl groups excluding tert-OH is 8. The van der Waals surface area contributed by atoms with Crippen LogP contribution in [0.15, 0.2) is 0 Å². The molecule has 0 spiro atoms. The lowest BCUT2D eigenvalue weighted by Gasteiger charge is -2.48. The fraction of sp³-hybridized carbons (Fsp3) is 1.00. The molecule has 3 fully saturated rings. The van der Waals surface area contributed by atoms with Crippen molar-refractivity contribution in [1.29, 1.82) is 0 Å². The van der Waals surface area contributed by atoms with Gasteiger partial charge in [0.2, 0.25) is 0 Å². The highest BCUT2D eigenvalue weighted by molar-refractivity contribution is 4.98. The largest absolute Gasteiger partial charge is 0.394 e. The highest BCUT2D eigenvalue weighted by Crippen LogP contribution is 2.30. The number of hydrogen-bond donors (Lipinski definition) is 11. The fourth-order valence-corrected chi connectivity index (χ4v) is 4.18. The van der Waals surface area contributed by atoms with E-state index in [-0.39, 0.29) is 14.9 Å². The highest BCUT2D eigenvalue weighted by Gasteiger charge is 2.52. The van der Waals surface area contributed by atoms with Gasteiger partial charge in [-0.25, -0.2) is 0 Å². The minimum Gasteiger partial charge on any atom is -0.394 e. The molecule has 0 radical (unpaired) electrons. The van der Waals surface area contributed by atoms with Gasteiger partial charge < -0.3 is 81.7 Å². The summed E-state index contributed by atoms with van der Waals surface area (Å²) >= 11 is 0. The lowest BCUT2D eigenvalue weighted by molar-refractivity contribution is -0.348. The van der Waals surface area contributed by atoms with E-state index in [0.29, 0.717) is 0 Å². The molecule has 0 saturated carbocycles. The molecule has 16 heteroatoms. The van der Waals surface area contributed by atoms with Gasteiger partial charge in [0.25, 0.3) is 0 Å². The molecule has 0 aromatic carbocycles. The number of nitrogens with two attached hydrogens (primary N) is 3. The van der Waals surface area contributed by atoms with Crippen LogP contribution in [0.2, 0.25) is 0 Å². The predicted molar refractivity (Wildman–Crippen MR) is 121 cm³/mol. The zero-order valence-corrected chi connectivity index (χ0v) is 18.1. The Morgan fingerprint density at radius 1 is 0.528 bits per heavy atom. The minimum absolute atomic E-state index is 0. The summed E-state index contributed by atoms with van der Waals surface area (Å²) in [5, 5.41) is 79.6. The number of hydrogen-bond acceptors (Lipinski definition) is 16. The first kappa shape index (κ1) is 33.4. The Kier molecular flexibility index (Phi) is 12.9. The smallest absolute Gasteiger partial charge is 0.176 e. The number of ether oxygens (including phenoxy) is 5. The number of aliphatic hydroxyl groups is 8. The molecule has 36 heavy (non-hydrogen) atoms. The zero-order chi connectivity index (χ0) is 25.3. The van der Waals surface area contributed by atoms with Crippen LogP contribution < -0.4 is 17.2 Å². The van der Waals surface area contributed by atoms with E-state index in [1.54, 1.807) is 0 Å². The van der Waals surface area contributed by atoms with Crippen LogP contribution in [0.1, 0.15) is 14.9 Å². The van der Waals surface area contributed by atoms with Gasteiger partial charge in [-0.1, -0.05) is 14.9 Å². The second kappa shape index (κ2) is 13.9. The molecular formula is C20H43N3O13. The van der Waals surface area contributed by atoms with Gasteiger partial charge in [-0.2, -0.15) is 0 Å². The molecule has 16 nitrogen and oxygen atoms in total. The van der Waals surface area contributed by atoms with E-state index in [9.17, 15) is 40.9 Å². The Morgan fingerprint density at radius 2 is 0.917 bits per heavy atom. The summed E-state index contributed by atoms with van der Waals surface area (Å²) in [6.45, 7) is -2.00. The summed E-state index contributed by atoms with van der Waals surface area (Å²) < 4.78 is 27.4. The molecule has 0 aromatic rings. The Labute approximate surface area is 209 Å². The monoisotopic (exact) mass is 533 g/mol. The molecule has 0 bridgehead atoms. The van der Waals surface area contributed by atoms with Crippen molar-refractivity contribution in [2.24, 2.45) is 17.2 Å². The topological polar surface area (TPSA) is 286 Å². The molecule has 3 saturated heterocycles. The zero-order valence-electron chi connectivity index (χ0n) is 18.1. The Hall–Kier alpha value is -0.640. The molecule has 3 heterocycles. The molecule has 216 valence electrons. The van der Waals surface area contributed by atoms with Crippen LogP contribution in [-0.4, -0.2) is 153 Å². The first-order valence-electron chi connectivity index (χ1n) is 10.8. The molecule has 3 aliphatic heterocycles. The third-order valence-corrected chi connectivity index (χ3v) is 6.33. The summed E-state index contributed by atoms with van der Waals surface area (Å²) in [5.41, 5.74) is 17.6. The van der Waals surface area contributed by atoms with Crippen LogP contribution in [0, 0.1) is 0 Å². The van der Waals surface area contributed by atoms with E-state index < -0.39 is 112 Å². The van der Waals surface area contributed by atoms with Crippen LogP contribution in [0.4, 0.5) is 0 Å². The first-order chi connectivity index (χ1) is 16.0. The molecule has 0 aromatic heterocycles. The molecule has 3 aliphatic rings. The molecule has 0 aliphatic carbocycles. The van der Waals surface area contributed by atoms with Gasteiger partial charge >= 0.3 is 0 Å². The van der Waals surface area contributed by atoms with Crippen LogP contribution in [-0.2, 0) is 23.7 Å². The average Bonchev–Trinajstić information content (AvgIpc) is 2.83. The summed E-state index contributed by atoms with van der Waals surface area (Å²) in [6.07, 6.45) is -16.8. The van der Waals surface area contributed by atoms with Gasteiger partial charge in [0.05, 0.1) is 37.9 Å². The Balaban J connectivity index is 0.00000324. The van der Waals surface area contributed by atoms with E-state index in [0.717, 1.165) is 0 Å². The molecule has 3 rings (SSSR count). The van der Waals surface area contributed by atoms with Gasteiger partial charge in [0.15, 0.2) is 18.9 Å². The normalized spacial score (nSPS) is 49.6. The number of rotatable bonds is 7. The van der Waals surface area contributed by atoms with Crippen LogP contribution in [0.25, 0.3) is 0 Å². The summed E-state index contributed by atoms with van der Waals surface area (Å²) in [7, 11) is 0. The van der Waals surface area contributed by atoms with E-state index in [4.69, 9.17) is 40.9 Å². The Morgan fingerprint density at radius 3 is 1.39 bits per heavy atom. The third kappa shape index (κ3) is 6.49. The average molecular weight is 534 g/mol. The van der Waals surface area contributed by atoms with Gasteiger partial charge in [-0.3, -0.25) is 0 Å². The standard InChI is InChI=1S/C18H35N3O13.2CH4/c19-7-12(27)14(5(2-23)30-16(7)29)33-18-9(21)13(28)15(6(3-24)32-18)34-17-8(20)11(26)10(25)4(1-22)31-17;;/h4-18,22-29H,1-3,19-21H2;2*1H4/t4?,5?,6?,7?,8?,9?,10-,11-,12-,13-,14-,15-,16-,17+,18+;;/m1../s1. The Bertz CT molecular complexity index is 648. The fourth-order valence-electron chi connectivity index (χ4n) is 4.18. The van der Waals surface area contributed by atoms with Crippen molar-refractivity contribution in [3.8, 4) is 0 Å². The van der Waals surface area contributed by atoms with Crippen molar-refractivity contribution >= 4 is 0 Å². The lowest BCUT2D eigenvalue weighted by Crippen LogP contribution is -2.69. The molecule has 14 N–H and O–H groups in total. The first-order valence-corrected chi connectivity index (χ1v) is 10.8. The second-order valence-corrected chi connectivity index (χ2v) is 8.59. The van der Waals surface area contributed by atoms with Crippen LogP contribution in [0.5, 0.6) is 0 Å². The summed E-state index contributed by atoms with van der Waals surface area (Å²) in [4.78, 5) is 0. The minimum atomic E-state index is -1.56. The maximum Gasteiger partial charge on any atom is 0.176 e. The van der Waals surface area contributed by atoms with E-state index in [1.165, 1.54) is 0 Å². The van der Waals surface area contributed by atoms with Gasteiger partial charge in [0, 0.05) is 0 Å². The summed E-state index contributed by atoms with van der Waals surface area (Å²) in [5.74, 6) is 0. The maximum atomic E-state index is 10.8. The van der Waals surface area contributed by atoms with Crippen molar-refractivity contribution in [3.05, 3.63) is 0 Å². The van der Waals surface area contributed by atoms with Crippen molar-refractivity contribution < 1.29 is 64.5 Å². The SMILES string of the molecule is C.C.NC1[C@H](O[C@@H]2C(CO)O[C@@H](O[C@@H]3C(CO)O[C@@H](O)C(N)[C@H]3O)C(N)[C@H]2O)OC(CO)[C@@H](O)[C@@H]1O. The molecule has 6 unspecified atom stereocenters.